The van der Waals surface area contributed by atoms with Crippen LogP contribution in [-0.4, -0.2) is 9.97 Å². The monoisotopic (exact) mass is 209 g/mol. The molecule has 86 valence electrons. The zero-order chi connectivity index (χ0) is 11.6. The van der Waals surface area contributed by atoms with Crippen LogP contribution in [0.15, 0.2) is 6.20 Å². The molecule has 0 saturated carbocycles. The number of H-pyrrole nitrogens is 1. The molecule has 0 saturated heterocycles. The first-order valence-electron chi connectivity index (χ1n) is 5.61. The predicted octanol–water partition coefficient (Wildman–Crippen LogP) is 2.75. The highest BCUT2D eigenvalue weighted by atomic mass is 15.0. The lowest BCUT2D eigenvalue weighted by atomic mass is 9.93. The van der Waals surface area contributed by atoms with Crippen molar-refractivity contribution in [3.8, 4) is 0 Å². The SMILES string of the molecule is CC(C)CC(N)c1ncc(C(C)(C)C)[nH]1. The molecule has 0 amide bonds. The second-order valence-electron chi connectivity index (χ2n) is 5.67. The van der Waals surface area contributed by atoms with Gasteiger partial charge >= 0.3 is 0 Å². The van der Waals surface area contributed by atoms with Crippen molar-refractivity contribution in [2.45, 2.75) is 52.5 Å². The molecule has 3 heteroatoms. The van der Waals surface area contributed by atoms with Crippen molar-refractivity contribution >= 4 is 0 Å². The molecular formula is C12H23N3. The molecule has 3 nitrogen and oxygen atoms in total. The average molecular weight is 209 g/mol. The first kappa shape index (κ1) is 12.2. The Morgan fingerprint density at radius 2 is 2.00 bits per heavy atom. The normalized spacial score (nSPS) is 14.6. The maximum atomic E-state index is 6.06. The maximum Gasteiger partial charge on any atom is 0.123 e. The molecule has 0 radical (unpaired) electrons. The van der Waals surface area contributed by atoms with Gasteiger partial charge in [0, 0.05) is 17.3 Å². The van der Waals surface area contributed by atoms with E-state index in [9.17, 15) is 0 Å². The zero-order valence-electron chi connectivity index (χ0n) is 10.5. The van der Waals surface area contributed by atoms with Crippen molar-refractivity contribution in [3.05, 3.63) is 17.7 Å². The van der Waals surface area contributed by atoms with Gasteiger partial charge in [-0.3, -0.25) is 0 Å². The van der Waals surface area contributed by atoms with Crippen LogP contribution in [0.1, 0.15) is 58.6 Å². The van der Waals surface area contributed by atoms with Crippen LogP contribution in [0.25, 0.3) is 0 Å². The Morgan fingerprint density at radius 3 is 2.40 bits per heavy atom. The van der Waals surface area contributed by atoms with E-state index < -0.39 is 0 Å². The summed E-state index contributed by atoms with van der Waals surface area (Å²) in [5.74, 6) is 1.51. The number of nitrogens with two attached hydrogens (primary N) is 1. The summed E-state index contributed by atoms with van der Waals surface area (Å²) < 4.78 is 0. The van der Waals surface area contributed by atoms with Crippen LogP contribution in [0.3, 0.4) is 0 Å². The number of nitrogens with zero attached hydrogens (tertiary/aromatic N) is 1. The molecule has 1 heterocycles. The van der Waals surface area contributed by atoms with Crippen LogP contribution in [-0.2, 0) is 5.41 Å². The number of nitrogens with one attached hydrogen (secondary N) is 1. The fraction of sp³-hybridized carbons (Fsp3) is 0.750. The molecule has 1 rings (SSSR count). The molecule has 0 aliphatic carbocycles. The second-order valence-corrected chi connectivity index (χ2v) is 5.67. The molecule has 0 fully saturated rings. The Bertz CT molecular complexity index is 307. The van der Waals surface area contributed by atoms with Crippen molar-refractivity contribution in [1.29, 1.82) is 0 Å². The van der Waals surface area contributed by atoms with Crippen LogP contribution in [0.4, 0.5) is 0 Å². The quantitative estimate of drug-likeness (QED) is 0.804. The Kier molecular flexibility index (Phi) is 3.55. The van der Waals surface area contributed by atoms with Crippen LogP contribution >= 0.6 is 0 Å². The van der Waals surface area contributed by atoms with Gasteiger partial charge in [-0.15, -0.1) is 0 Å². The number of aromatic amines is 1. The van der Waals surface area contributed by atoms with Gasteiger partial charge in [0.1, 0.15) is 5.82 Å². The smallest absolute Gasteiger partial charge is 0.123 e. The molecular weight excluding hydrogens is 186 g/mol. The molecule has 1 aromatic heterocycles. The Morgan fingerprint density at radius 1 is 1.40 bits per heavy atom. The molecule has 0 bridgehead atoms. The van der Waals surface area contributed by atoms with Gasteiger partial charge in [0.15, 0.2) is 0 Å². The lowest BCUT2D eigenvalue weighted by Gasteiger charge is -2.16. The standard InChI is InChI=1S/C12H23N3/c1-8(2)6-9(13)11-14-7-10(15-11)12(3,4)5/h7-9H,6,13H2,1-5H3,(H,14,15). The van der Waals surface area contributed by atoms with E-state index in [0.29, 0.717) is 5.92 Å². The predicted molar refractivity (Wildman–Crippen MR) is 63.7 cm³/mol. The van der Waals surface area contributed by atoms with Crippen LogP contribution in [0, 0.1) is 5.92 Å². The fourth-order valence-corrected chi connectivity index (χ4v) is 1.53. The summed E-state index contributed by atoms with van der Waals surface area (Å²) in [6.45, 7) is 10.8. The molecule has 1 unspecified atom stereocenters. The summed E-state index contributed by atoms with van der Waals surface area (Å²) in [5.41, 5.74) is 7.32. The third-order valence-corrected chi connectivity index (χ3v) is 2.48. The van der Waals surface area contributed by atoms with Crippen LogP contribution in [0.5, 0.6) is 0 Å². The summed E-state index contributed by atoms with van der Waals surface area (Å²) in [5, 5.41) is 0. The van der Waals surface area contributed by atoms with Gasteiger partial charge in [-0.1, -0.05) is 34.6 Å². The third-order valence-electron chi connectivity index (χ3n) is 2.48. The highest BCUT2D eigenvalue weighted by molar-refractivity contribution is 5.12. The van der Waals surface area contributed by atoms with Gasteiger partial charge in [-0.25, -0.2) is 4.98 Å². The first-order valence-corrected chi connectivity index (χ1v) is 5.61. The van der Waals surface area contributed by atoms with Gasteiger partial charge in [0.05, 0.1) is 6.04 Å². The molecule has 0 aromatic carbocycles. The first-order chi connectivity index (χ1) is 6.80. The van der Waals surface area contributed by atoms with E-state index in [4.69, 9.17) is 5.73 Å². The van der Waals surface area contributed by atoms with Gasteiger partial charge in [-0.05, 0) is 12.3 Å². The van der Waals surface area contributed by atoms with E-state index in [0.717, 1.165) is 17.9 Å². The summed E-state index contributed by atoms with van der Waals surface area (Å²) in [7, 11) is 0. The summed E-state index contributed by atoms with van der Waals surface area (Å²) in [6.07, 6.45) is 2.87. The zero-order valence-corrected chi connectivity index (χ0v) is 10.5. The third kappa shape index (κ3) is 3.34. The highest BCUT2D eigenvalue weighted by Gasteiger charge is 2.18. The largest absolute Gasteiger partial charge is 0.344 e. The van der Waals surface area contributed by atoms with E-state index in [-0.39, 0.29) is 11.5 Å². The average Bonchev–Trinajstić information content (AvgIpc) is 2.48. The van der Waals surface area contributed by atoms with Crippen molar-refractivity contribution in [2.75, 3.05) is 0 Å². The van der Waals surface area contributed by atoms with E-state index in [1.165, 1.54) is 0 Å². The molecule has 0 aliphatic rings. The lowest BCUT2D eigenvalue weighted by molar-refractivity contribution is 0.492. The van der Waals surface area contributed by atoms with Gasteiger partial charge in [0.25, 0.3) is 0 Å². The lowest BCUT2D eigenvalue weighted by Crippen LogP contribution is -2.16. The molecule has 1 aromatic rings. The summed E-state index contributed by atoms with van der Waals surface area (Å²) in [4.78, 5) is 7.68. The minimum Gasteiger partial charge on any atom is -0.344 e. The Labute approximate surface area is 92.5 Å². The van der Waals surface area contributed by atoms with E-state index in [2.05, 4.69) is 44.6 Å². The van der Waals surface area contributed by atoms with Gasteiger partial charge in [0.2, 0.25) is 0 Å². The number of imidazole rings is 1. The summed E-state index contributed by atoms with van der Waals surface area (Å²) in [6, 6.07) is 0.0288. The topological polar surface area (TPSA) is 54.7 Å². The van der Waals surface area contributed by atoms with E-state index in [1.54, 1.807) is 0 Å². The van der Waals surface area contributed by atoms with Crippen molar-refractivity contribution < 1.29 is 0 Å². The second kappa shape index (κ2) is 4.35. The number of hydrogen-bond donors (Lipinski definition) is 2. The highest BCUT2D eigenvalue weighted by Crippen LogP contribution is 2.22. The van der Waals surface area contributed by atoms with E-state index in [1.807, 2.05) is 6.20 Å². The Balaban J connectivity index is 2.76. The number of aromatic nitrogens is 2. The molecule has 3 N–H and O–H groups in total. The molecule has 1 atom stereocenters. The fourth-order valence-electron chi connectivity index (χ4n) is 1.53. The van der Waals surface area contributed by atoms with Crippen LogP contribution in [0.2, 0.25) is 0 Å². The number of hydrogen-bond acceptors (Lipinski definition) is 2. The minimum atomic E-state index is 0.0288. The maximum absolute atomic E-state index is 6.06. The van der Waals surface area contributed by atoms with Crippen LogP contribution < -0.4 is 5.73 Å². The summed E-state index contributed by atoms with van der Waals surface area (Å²) >= 11 is 0. The van der Waals surface area contributed by atoms with E-state index >= 15 is 0 Å². The molecule has 0 spiro atoms. The van der Waals surface area contributed by atoms with Crippen molar-refractivity contribution in [3.63, 3.8) is 0 Å². The minimum absolute atomic E-state index is 0.0288. The van der Waals surface area contributed by atoms with Gasteiger partial charge < -0.3 is 10.7 Å². The van der Waals surface area contributed by atoms with Gasteiger partial charge in [-0.2, -0.15) is 0 Å². The molecule has 15 heavy (non-hydrogen) atoms. The molecule has 0 aliphatic heterocycles. The van der Waals surface area contributed by atoms with Crippen molar-refractivity contribution in [2.24, 2.45) is 11.7 Å². The number of rotatable bonds is 3. The Hall–Kier alpha value is -0.830. The van der Waals surface area contributed by atoms with Crippen molar-refractivity contribution in [1.82, 2.24) is 9.97 Å².